The highest BCUT2D eigenvalue weighted by atomic mass is 14.9. The van der Waals surface area contributed by atoms with Gasteiger partial charge in [0.1, 0.15) is 5.82 Å². The summed E-state index contributed by atoms with van der Waals surface area (Å²) in [6.07, 6.45) is 3.97. The van der Waals surface area contributed by atoms with E-state index in [1.54, 1.807) is 0 Å². The van der Waals surface area contributed by atoms with Crippen molar-refractivity contribution in [1.82, 2.24) is 9.97 Å². The zero-order valence-corrected chi connectivity index (χ0v) is 9.80. The van der Waals surface area contributed by atoms with Gasteiger partial charge in [-0.2, -0.15) is 0 Å². The number of aromatic nitrogens is 2. The van der Waals surface area contributed by atoms with Gasteiger partial charge in [0.25, 0.3) is 0 Å². The first-order valence-corrected chi connectivity index (χ1v) is 5.80. The van der Waals surface area contributed by atoms with Crippen molar-refractivity contribution in [3.8, 4) is 0 Å². The van der Waals surface area contributed by atoms with E-state index in [4.69, 9.17) is 5.73 Å². The molecule has 88 valence electrons. The summed E-state index contributed by atoms with van der Waals surface area (Å²) in [7, 11) is 0. The van der Waals surface area contributed by atoms with Crippen LogP contribution in [0.1, 0.15) is 11.4 Å². The topological polar surface area (TPSA) is 54.7 Å². The van der Waals surface area contributed by atoms with Crippen LogP contribution in [0.5, 0.6) is 0 Å². The van der Waals surface area contributed by atoms with Crippen LogP contribution in [0.15, 0.2) is 48.5 Å². The van der Waals surface area contributed by atoms with Gasteiger partial charge in [-0.25, -0.2) is 4.98 Å². The summed E-state index contributed by atoms with van der Waals surface area (Å²) in [5, 5.41) is 0. The summed E-state index contributed by atoms with van der Waals surface area (Å²) in [6, 6.07) is 15.7. The molecule has 0 amide bonds. The number of aromatic amines is 1. The van der Waals surface area contributed by atoms with Crippen molar-refractivity contribution in [2.24, 2.45) is 0 Å². The van der Waals surface area contributed by atoms with Gasteiger partial charge < -0.3 is 10.7 Å². The molecule has 0 aliphatic heterocycles. The maximum Gasteiger partial charge on any atom is 0.131 e. The molecule has 3 N–H and O–H groups in total. The van der Waals surface area contributed by atoms with Gasteiger partial charge in [-0.1, -0.05) is 30.3 Å². The highest BCUT2D eigenvalue weighted by molar-refractivity contribution is 5.78. The monoisotopic (exact) mass is 235 g/mol. The lowest BCUT2D eigenvalue weighted by molar-refractivity contribution is 1.29. The third-order valence-corrected chi connectivity index (χ3v) is 2.78. The third-order valence-electron chi connectivity index (χ3n) is 2.78. The molecular weight excluding hydrogens is 222 g/mol. The van der Waals surface area contributed by atoms with E-state index in [0.717, 1.165) is 28.1 Å². The Labute approximate surface area is 105 Å². The molecule has 3 heteroatoms. The second-order valence-electron chi connectivity index (χ2n) is 4.14. The summed E-state index contributed by atoms with van der Waals surface area (Å²) in [6.45, 7) is 0. The molecule has 0 atom stereocenters. The molecule has 1 aromatic heterocycles. The molecule has 1 heterocycles. The van der Waals surface area contributed by atoms with Crippen LogP contribution in [0.2, 0.25) is 0 Å². The van der Waals surface area contributed by atoms with E-state index in [2.05, 4.69) is 9.97 Å². The van der Waals surface area contributed by atoms with Gasteiger partial charge in [-0.05, 0) is 35.9 Å². The Morgan fingerprint density at radius 3 is 2.50 bits per heavy atom. The maximum atomic E-state index is 5.64. The van der Waals surface area contributed by atoms with Crippen molar-refractivity contribution in [3.05, 3.63) is 59.9 Å². The van der Waals surface area contributed by atoms with E-state index in [9.17, 15) is 0 Å². The van der Waals surface area contributed by atoms with E-state index in [1.807, 2.05) is 60.7 Å². The number of rotatable bonds is 2. The van der Waals surface area contributed by atoms with Crippen LogP contribution in [-0.2, 0) is 0 Å². The number of anilines is 1. The van der Waals surface area contributed by atoms with E-state index in [-0.39, 0.29) is 0 Å². The van der Waals surface area contributed by atoms with Gasteiger partial charge in [0.2, 0.25) is 0 Å². The fourth-order valence-electron chi connectivity index (χ4n) is 1.83. The highest BCUT2D eigenvalue weighted by Gasteiger charge is 1.97. The zero-order chi connectivity index (χ0) is 12.4. The maximum absolute atomic E-state index is 5.64. The molecule has 18 heavy (non-hydrogen) atoms. The fraction of sp³-hybridized carbons (Fsp3) is 0. The molecule has 0 fully saturated rings. The first kappa shape index (κ1) is 10.6. The molecule has 2 aromatic carbocycles. The van der Waals surface area contributed by atoms with Crippen molar-refractivity contribution >= 4 is 28.9 Å². The van der Waals surface area contributed by atoms with Gasteiger partial charge in [-0.3, -0.25) is 0 Å². The quantitative estimate of drug-likeness (QED) is 0.669. The number of hydrogen-bond acceptors (Lipinski definition) is 2. The smallest absolute Gasteiger partial charge is 0.131 e. The number of imidazole rings is 1. The number of nitrogens with one attached hydrogen (secondary N) is 1. The van der Waals surface area contributed by atoms with Gasteiger partial charge >= 0.3 is 0 Å². The van der Waals surface area contributed by atoms with Crippen molar-refractivity contribution in [3.63, 3.8) is 0 Å². The number of fused-ring (bicyclic) bond motifs is 1. The first-order chi connectivity index (χ1) is 8.81. The van der Waals surface area contributed by atoms with E-state index in [0.29, 0.717) is 0 Å². The summed E-state index contributed by atoms with van der Waals surface area (Å²) in [5.74, 6) is 0.855. The normalized spacial score (nSPS) is 11.3. The molecular formula is C15H13N3. The number of hydrogen-bond donors (Lipinski definition) is 2. The fourth-order valence-corrected chi connectivity index (χ4v) is 1.83. The largest absolute Gasteiger partial charge is 0.399 e. The Bertz CT molecular complexity index is 660. The number of nitrogens with two attached hydrogens (primary N) is 1. The standard InChI is InChI=1S/C15H13N3/c16-12-8-5-11(6-9-12)7-10-15-17-13-3-1-2-4-14(13)18-15/h1-10H,16H2,(H,17,18)/b10-7+. The van der Waals surface area contributed by atoms with Crippen LogP contribution < -0.4 is 5.73 Å². The summed E-state index contributed by atoms with van der Waals surface area (Å²) < 4.78 is 0. The second-order valence-corrected chi connectivity index (χ2v) is 4.14. The van der Waals surface area contributed by atoms with Crippen molar-refractivity contribution in [2.75, 3.05) is 5.73 Å². The molecule has 0 radical (unpaired) electrons. The molecule has 3 rings (SSSR count). The molecule has 0 aliphatic rings. The predicted octanol–water partition coefficient (Wildman–Crippen LogP) is 3.32. The molecule has 0 aliphatic carbocycles. The summed E-state index contributed by atoms with van der Waals surface area (Å²) in [5.41, 5.74) is 9.55. The number of H-pyrrole nitrogens is 1. The van der Waals surface area contributed by atoms with Crippen molar-refractivity contribution in [2.45, 2.75) is 0 Å². The first-order valence-electron chi connectivity index (χ1n) is 5.80. The van der Waals surface area contributed by atoms with Crippen molar-refractivity contribution < 1.29 is 0 Å². The number of benzene rings is 2. The van der Waals surface area contributed by atoms with Gasteiger partial charge in [0.15, 0.2) is 0 Å². The van der Waals surface area contributed by atoms with Crippen LogP contribution in [0, 0.1) is 0 Å². The van der Waals surface area contributed by atoms with Crippen LogP contribution in [0.4, 0.5) is 5.69 Å². The molecule has 0 unspecified atom stereocenters. The molecule has 3 nitrogen and oxygen atoms in total. The lowest BCUT2D eigenvalue weighted by atomic mass is 10.2. The van der Waals surface area contributed by atoms with Crippen LogP contribution in [-0.4, -0.2) is 9.97 Å². The van der Waals surface area contributed by atoms with Gasteiger partial charge in [0, 0.05) is 5.69 Å². The second kappa shape index (κ2) is 4.37. The lowest BCUT2D eigenvalue weighted by Crippen LogP contribution is -1.82. The third kappa shape index (κ3) is 2.11. The van der Waals surface area contributed by atoms with Crippen LogP contribution >= 0.6 is 0 Å². The number of nitrogens with zero attached hydrogens (tertiary/aromatic N) is 1. The SMILES string of the molecule is Nc1ccc(/C=C/c2nc3ccccc3[nH]2)cc1. The summed E-state index contributed by atoms with van der Waals surface area (Å²) in [4.78, 5) is 7.73. The van der Waals surface area contributed by atoms with Crippen molar-refractivity contribution in [1.29, 1.82) is 0 Å². The lowest BCUT2D eigenvalue weighted by Gasteiger charge is -1.93. The Morgan fingerprint density at radius 1 is 0.944 bits per heavy atom. The Balaban J connectivity index is 1.89. The average Bonchev–Trinajstić information content (AvgIpc) is 2.81. The van der Waals surface area contributed by atoms with Gasteiger partial charge in [-0.15, -0.1) is 0 Å². The Morgan fingerprint density at radius 2 is 1.72 bits per heavy atom. The van der Waals surface area contributed by atoms with Crippen LogP contribution in [0.3, 0.4) is 0 Å². The minimum absolute atomic E-state index is 0.774. The highest BCUT2D eigenvalue weighted by Crippen LogP contribution is 2.13. The molecule has 0 bridgehead atoms. The minimum Gasteiger partial charge on any atom is -0.399 e. The molecule has 3 aromatic rings. The van der Waals surface area contributed by atoms with E-state index in [1.165, 1.54) is 0 Å². The minimum atomic E-state index is 0.774. The number of nitrogen functional groups attached to an aromatic ring is 1. The average molecular weight is 235 g/mol. The van der Waals surface area contributed by atoms with Crippen LogP contribution in [0.25, 0.3) is 23.2 Å². The molecule has 0 saturated carbocycles. The molecule has 0 saturated heterocycles. The zero-order valence-electron chi connectivity index (χ0n) is 9.80. The van der Waals surface area contributed by atoms with E-state index < -0.39 is 0 Å². The molecule has 0 spiro atoms. The van der Waals surface area contributed by atoms with Gasteiger partial charge in [0.05, 0.1) is 11.0 Å². The Hall–Kier alpha value is -2.55. The van der Waals surface area contributed by atoms with E-state index >= 15 is 0 Å². The Kier molecular flexibility index (Phi) is 2.57. The summed E-state index contributed by atoms with van der Waals surface area (Å²) >= 11 is 0. The predicted molar refractivity (Wildman–Crippen MR) is 75.9 cm³/mol. The number of para-hydroxylation sites is 2.